The Hall–Kier alpha value is -1.15. The smallest absolute Gasteiger partial charge is 0.123 e. The molecule has 0 aliphatic carbocycles. The Labute approximate surface area is 91.0 Å². The van der Waals surface area contributed by atoms with Gasteiger partial charge in [-0.05, 0) is 37.6 Å². The van der Waals surface area contributed by atoms with Gasteiger partial charge in [-0.2, -0.15) is 0 Å². The predicted molar refractivity (Wildman–Crippen MR) is 62.2 cm³/mol. The van der Waals surface area contributed by atoms with Crippen LogP contribution in [0.1, 0.15) is 31.4 Å². The summed E-state index contributed by atoms with van der Waals surface area (Å²) in [7, 11) is 1.89. The summed E-state index contributed by atoms with van der Waals surface area (Å²) in [6.07, 6.45) is 1.82. The fourth-order valence-corrected chi connectivity index (χ4v) is 1.54. The molecule has 82 valence electrons. The molecule has 0 aromatic heterocycles. The van der Waals surface area contributed by atoms with Crippen LogP contribution in [0.25, 0.3) is 0 Å². The van der Waals surface area contributed by atoms with Crippen molar-refractivity contribution in [3.05, 3.63) is 47.8 Å². The molecule has 0 radical (unpaired) electrons. The third-order valence-corrected chi connectivity index (χ3v) is 2.59. The fourth-order valence-electron chi connectivity index (χ4n) is 1.54. The molecule has 0 aliphatic rings. The van der Waals surface area contributed by atoms with Crippen molar-refractivity contribution in [1.29, 1.82) is 0 Å². The summed E-state index contributed by atoms with van der Waals surface area (Å²) < 4.78 is 13.0. The molecule has 0 aliphatic heterocycles. The quantitative estimate of drug-likeness (QED) is 0.729. The number of benzene rings is 1. The molecular weight excluding hydrogens is 189 g/mol. The largest absolute Gasteiger partial charge is 0.313 e. The van der Waals surface area contributed by atoms with E-state index in [2.05, 4.69) is 18.8 Å². The van der Waals surface area contributed by atoms with Crippen LogP contribution < -0.4 is 5.32 Å². The Morgan fingerprint density at radius 3 is 2.80 bits per heavy atom. The summed E-state index contributed by atoms with van der Waals surface area (Å²) in [6.45, 7) is 6.06. The lowest BCUT2D eigenvalue weighted by Gasteiger charge is -2.17. The van der Waals surface area contributed by atoms with Gasteiger partial charge >= 0.3 is 0 Å². The molecule has 2 heteroatoms. The van der Waals surface area contributed by atoms with Gasteiger partial charge in [-0.3, -0.25) is 0 Å². The minimum atomic E-state index is -0.185. The molecule has 15 heavy (non-hydrogen) atoms. The summed E-state index contributed by atoms with van der Waals surface area (Å²) in [5, 5.41) is 3.18. The Morgan fingerprint density at radius 1 is 1.53 bits per heavy atom. The third kappa shape index (κ3) is 3.48. The van der Waals surface area contributed by atoms with Gasteiger partial charge in [0.2, 0.25) is 0 Å². The lowest BCUT2D eigenvalue weighted by molar-refractivity contribution is 0.570. The van der Waals surface area contributed by atoms with E-state index in [0.717, 1.165) is 18.4 Å². The highest BCUT2D eigenvalue weighted by molar-refractivity contribution is 5.21. The maximum Gasteiger partial charge on any atom is 0.123 e. The first kappa shape index (κ1) is 11.9. The van der Waals surface area contributed by atoms with E-state index in [0.29, 0.717) is 0 Å². The summed E-state index contributed by atoms with van der Waals surface area (Å²) in [5.74, 6) is -0.185. The molecule has 1 nitrogen and oxygen atoms in total. The van der Waals surface area contributed by atoms with E-state index >= 15 is 0 Å². The van der Waals surface area contributed by atoms with Gasteiger partial charge in [0.1, 0.15) is 5.82 Å². The van der Waals surface area contributed by atoms with Gasteiger partial charge in [0.15, 0.2) is 0 Å². The van der Waals surface area contributed by atoms with E-state index in [-0.39, 0.29) is 11.9 Å². The molecule has 1 unspecified atom stereocenters. The van der Waals surface area contributed by atoms with Crippen molar-refractivity contribution in [1.82, 2.24) is 5.32 Å². The first-order valence-electron chi connectivity index (χ1n) is 5.26. The van der Waals surface area contributed by atoms with Crippen LogP contribution in [0.2, 0.25) is 0 Å². The number of nitrogens with one attached hydrogen (secondary N) is 1. The summed E-state index contributed by atoms with van der Waals surface area (Å²) in [5.41, 5.74) is 2.16. The van der Waals surface area contributed by atoms with Crippen molar-refractivity contribution in [2.45, 2.75) is 25.8 Å². The van der Waals surface area contributed by atoms with Crippen molar-refractivity contribution in [2.24, 2.45) is 0 Å². The Kier molecular flexibility index (Phi) is 4.50. The highest BCUT2D eigenvalue weighted by Gasteiger charge is 2.10. The number of hydrogen-bond donors (Lipinski definition) is 1. The molecule has 0 fully saturated rings. The van der Waals surface area contributed by atoms with E-state index in [4.69, 9.17) is 0 Å². The first-order valence-corrected chi connectivity index (χ1v) is 5.26. The molecule has 1 atom stereocenters. The number of halogens is 1. The third-order valence-electron chi connectivity index (χ3n) is 2.59. The number of rotatable bonds is 5. The second-order valence-electron chi connectivity index (χ2n) is 3.70. The molecule has 1 N–H and O–H groups in total. The second kappa shape index (κ2) is 5.66. The van der Waals surface area contributed by atoms with Gasteiger partial charge in [0.05, 0.1) is 0 Å². The van der Waals surface area contributed by atoms with Crippen LogP contribution in [0.3, 0.4) is 0 Å². The summed E-state index contributed by atoms with van der Waals surface area (Å²) in [6, 6.07) is 6.87. The van der Waals surface area contributed by atoms with Gasteiger partial charge in [0.25, 0.3) is 0 Å². The standard InChI is InChI=1S/C13H18FN/c1-4-10(2)8-13(15-3)11-6-5-7-12(14)9-11/h5-7,9,13,15H,2,4,8H2,1,3H3. The Balaban J connectivity index is 2.78. The van der Waals surface area contributed by atoms with Crippen LogP contribution in [0.15, 0.2) is 36.4 Å². The van der Waals surface area contributed by atoms with Gasteiger partial charge in [-0.25, -0.2) is 4.39 Å². The molecule has 0 saturated carbocycles. The maximum absolute atomic E-state index is 13.0. The van der Waals surface area contributed by atoms with Crippen LogP contribution in [0, 0.1) is 5.82 Å². The molecule has 0 amide bonds. The van der Waals surface area contributed by atoms with Crippen LogP contribution in [-0.4, -0.2) is 7.05 Å². The highest BCUT2D eigenvalue weighted by atomic mass is 19.1. The SMILES string of the molecule is C=C(CC)CC(NC)c1cccc(F)c1. The minimum absolute atomic E-state index is 0.160. The van der Waals surface area contributed by atoms with Crippen LogP contribution >= 0.6 is 0 Å². The van der Waals surface area contributed by atoms with Gasteiger partial charge < -0.3 is 5.32 Å². The van der Waals surface area contributed by atoms with Crippen molar-refractivity contribution in [2.75, 3.05) is 7.05 Å². The van der Waals surface area contributed by atoms with E-state index in [1.165, 1.54) is 11.6 Å². The zero-order valence-electron chi connectivity index (χ0n) is 9.39. The van der Waals surface area contributed by atoms with Crippen molar-refractivity contribution in [3.63, 3.8) is 0 Å². The van der Waals surface area contributed by atoms with E-state index in [1.807, 2.05) is 13.1 Å². The van der Waals surface area contributed by atoms with E-state index < -0.39 is 0 Å². The average Bonchev–Trinajstić information content (AvgIpc) is 2.25. The number of hydrogen-bond acceptors (Lipinski definition) is 1. The average molecular weight is 207 g/mol. The molecule has 0 heterocycles. The van der Waals surface area contributed by atoms with Gasteiger partial charge in [-0.1, -0.05) is 31.2 Å². The molecule has 0 saturated heterocycles. The molecule has 1 rings (SSSR count). The fraction of sp³-hybridized carbons (Fsp3) is 0.385. The lowest BCUT2D eigenvalue weighted by atomic mass is 9.98. The molecule has 0 bridgehead atoms. The Bertz CT molecular complexity index is 333. The second-order valence-corrected chi connectivity index (χ2v) is 3.70. The normalized spacial score (nSPS) is 12.5. The first-order chi connectivity index (χ1) is 7.17. The monoisotopic (exact) mass is 207 g/mol. The van der Waals surface area contributed by atoms with Gasteiger partial charge in [0, 0.05) is 6.04 Å². The zero-order valence-corrected chi connectivity index (χ0v) is 9.39. The van der Waals surface area contributed by atoms with E-state index in [1.54, 1.807) is 12.1 Å². The van der Waals surface area contributed by atoms with Crippen molar-refractivity contribution < 1.29 is 4.39 Å². The zero-order chi connectivity index (χ0) is 11.3. The minimum Gasteiger partial charge on any atom is -0.313 e. The topological polar surface area (TPSA) is 12.0 Å². The van der Waals surface area contributed by atoms with Crippen molar-refractivity contribution in [3.8, 4) is 0 Å². The molecule has 0 spiro atoms. The van der Waals surface area contributed by atoms with Crippen molar-refractivity contribution >= 4 is 0 Å². The lowest BCUT2D eigenvalue weighted by Crippen LogP contribution is -2.16. The van der Waals surface area contributed by atoms with Crippen LogP contribution in [0.5, 0.6) is 0 Å². The van der Waals surface area contributed by atoms with E-state index in [9.17, 15) is 4.39 Å². The maximum atomic E-state index is 13.0. The summed E-state index contributed by atoms with van der Waals surface area (Å²) >= 11 is 0. The highest BCUT2D eigenvalue weighted by Crippen LogP contribution is 2.21. The molecular formula is C13H18FN. The van der Waals surface area contributed by atoms with Crippen LogP contribution in [0.4, 0.5) is 4.39 Å². The molecule has 1 aromatic carbocycles. The predicted octanol–water partition coefficient (Wildman–Crippen LogP) is 3.44. The van der Waals surface area contributed by atoms with Gasteiger partial charge in [-0.15, -0.1) is 0 Å². The van der Waals surface area contributed by atoms with Crippen LogP contribution in [-0.2, 0) is 0 Å². The molecule has 1 aromatic rings. The summed E-state index contributed by atoms with van der Waals surface area (Å²) in [4.78, 5) is 0. The Morgan fingerprint density at radius 2 is 2.27 bits per heavy atom.